The fourth-order valence-electron chi connectivity index (χ4n) is 5.84. The van der Waals surface area contributed by atoms with Gasteiger partial charge >= 0.3 is 24.1 Å². The molecule has 0 aliphatic rings. The van der Waals surface area contributed by atoms with Gasteiger partial charge in [0.05, 0.1) is 9.79 Å². The molecule has 8 N–H and O–H groups in total. The highest BCUT2D eigenvalue weighted by molar-refractivity contribution is 7.90. The third-order valence-corrected chi connectivity index (χ3v) is 11.3. The van der Waals surface area contributed by atoms with Crippen LogP contribution in [0.4, 0.5) is 53.3 Å². The fraction of sp³-hybridized carbons (Fsp3) is 0.0698. The first-order valence-electron chi connectivity index (χ1n) is 18.4. The summed E-state index contributed by atoms with van der Waals surface area (Å²) in [5.74, 6) is 0. The predicted octanol–water partition coefficient (Wildman–Crippen LogP) is 8.20. The molecule has 6 aromatic carbocycles. The summed E-state index contributed by atoms with van der Waals surface area (Å²) in [6, 6.07) is 35.5. The average molecular weight is 861 g/mol. The first-order chi connectivity index (χ1) is 29.1. The number of amides is 8. The molecule has 6 rings (SSSR count). The Kier molecular flexibility index (Phi) is 13.3. The van der Waals surface area contributed by atoms with Gasteiger partial charge in [-0.25, -0.2) is 45.5 Å². The van der Waals surface area contributed by atoms with Crippen molar-refractivity contribution in [3.8, 4) is 0 Å². The van der Waals surface area contributed by atoms with Crippen LogP contribution in [0.25, 0.3) is 0 Å². The van der Waals surface area contributed by atoms with E-state index in [1.807, 2.05) is 35.4 Å². The second-order valence-corrected chi connectivity index (χ2v) is 17.0. The second-order valence-electron chi connectivity index (χ2n) is 13.6. The van der Waals surface area contributed by atoms with Crippen molar-refractivity contribution in [2.75, 3.05) is 31.9 Å². The molecule has 0 heterocycles. The molecular formula is C43H40N8O8S2. The van der Waals surface area contributed by atoms with Crippen LogP contribution in [0.5, 0.6) is 0 Å². The molecule has 8 amide bonds. The molecule has 0 aliphatic carbocycles. The van der Waals surface area contributed by atoms with Crippen molar-refractivity contribution in [3.05, 3.63) is 168 Å². The topological polar surface area (TPSA) is 233 Å². The Morgan fingerprint density at radius 2 is 0.689 bits per heavy atom. The summed E-state index contributed by atoms with van der Waals surface area (Å²) in [5.41, 5.74) is 5.77. The van der Waals surface area contributed by atoms with Crippen LogP contribution in [-0.4, -0.2) is 41.0 Å². The summed E-state index contributed by atoms with van der Waals surface area (Å²) in [5, 5.41) is 15.5. The number of nitrogens with one attached hydrogen (secondary N) is 8. The minimum Gasteiger partial charge on any atom is -0.308 e. The Labute approximate surface area is 352 Å². The van der Waals surface area contributed by atoms with E-state index < -0.39 is 44.2 Å². The van der Waals surface area contributed by atoms with Gasteiger partial charge in [-0.15, -0.1) is 0 Å². The number of hydrogen-bond donors (Lipinski definition) is 8. The Bertz CT molecular complexity index is 2630. The van der Waals surface area contributed by atoms with Gasteiger partial charge in [0.15, 0.2) is 0 Å². The number of carbonyl (C=O) groups excluding carboxylic acids is 4. The highest BCUT2D eigenvalue weighted by Gasteiger charge is 2.20. The summed E-state index contributed by atoms with van der Waals surface area (Å²) in [7, 11) is -8.61. The minimum atomic E-state index is -4.31. The molecule has 0 unspecified atom stereocenters. The average Bonchev–Trinajstić information content (AvgIpc) is 3.19. The standard InChI is InChI=1S/C43H40N8O8S2/c1-28-7-3-9-34(23-28)46-40(52)48-36-11-5-13-38(26-36)60(56,57)50-42(54)44-32-19-15-30(16-20-32)25-31-17-21-33(22-18-31)45-43(55)51-61(58,59)39-14-6-12-37(27-39)49-41(53)47-35-10-4-8-29(2)24-35/h3-24,26-27H,25H2,1-2H3,(H2,44,50,54)(H2,45,51,55)(H2,46,48,52)(H2,47,49,53). The summed E-state index contributed by atoms with van der Waals surface area (Å²) in [6.07, 6.45) is 0.461. The Balaban J connectivity index is 0.960. The van der Waals surface area contributed by atoms with Gasteiger partial charge in [-0.3, -0.25) is 0 Å². The number of hydrogen-bond acceptors (Lipinski definition) is 8. The van der Waals surface area contributed by atoms with Crippen LogP contribution in [0.15, 0.2) is 155 Å². The van der Waals surface area contributed by atoms with E-state index in [9.17, 15) is 36.0 Å². The summed E-state index contributed by atoms with van der Waals surface area (Å²) < 4.78 is 55.9. The van der Waals surface area contributed by atoms with Crippen LogP contribution in [0.2, 0.25) is 0 Å². The van der Waals surface area contributed by atoms with Crippen LogP contribution < -0.4 is 41.3 Å². The van der Waals surface area contributed by atoms with Crippen molar-refractivity contribution in [3.63, 3.8) is 0 Å². The van der Waals surface area contributed by atoms with Crippen LogP contribution in [0, 0.1) is 13.8 Å². The first-order valence-corrected chi connectivity index (χ1v) is 21.4. The van der Waals surface area contributed by atoms with Gasteiger partial charge in [0.25, 0.3) is 20.0 Å². The van der Waals surface area contributed by atoms with Crippen molar-refractivity contribution in [1.29, 1.82) is 0 Å². The van der Waals surface area contributed by atoms with E-state index in [1.54, 1.807) is 84.9 Å². The second kappa shape index (κ2) is 18.9. The number of benzene rings is 6. The van der Waals surface area contributed by atoms with Crippen molar-refractivity contribution < 1.29 is 36.0 Å². The zero-order chi connectivity index (χ0) is 43.6. The molecule has 61 heavy (non-hydrogen) atoms. The van der Waals surface area contributed by atoms with Gasteiger partial charge in [-0.05, 0) is 127 Å². The van der Waals surface area contributed by atoms with Crippen molar-refractivity contribution in [2.45, 2.75) is 30.1 Å². The molecule has 0 spiro atoms. The highest BCUT2D eigenvalue weighted by atomic mass is 32.2. The molecule has 6 aromatic rings. The van der Waals surface area contributed by atoms with Gasteiger partial charge in [-0.2, -0.15) is 0 Å². The molecule has 312 valence electrons. The summed E-state index contributed by atoms with van der Waals surface area (Å²) >= 11 is 0. The van der Waals surface area contributed by atoms with Gasteiger partial charge in [-0.1, -0.05) is 60.7 Å². The summed E-state index contributed by atoms with van der Waals surface area (Å²) in [4.78, 5) is 49.8. The smallest absolute Gasteiger partial charge is 0.308 e. The molecule has 16 nitrogen and oxygen atoms in total. The molecular weight excluding hydrogens is 821 g/mol. The Morgan fingerprint density at radius 1 is 0.377 bits per heavy atom. The van der Waals surface area contributed by atoms with Crippen LogP contribution in [0.3, 0.4) is 0 Å². The number of carbonyl (C=O) groups is 4. The molecule has 0 atom stereocenters. The lowest BCUT2D eigenvalue weighted by Gasteiger charge is -2.12. The number of rotatable bonds is 12. The van der Waals surface area contributed by atoms with Crippen LogP contribution >= 0.6 is 0 Å². The van der Waals surface area contributed by atoms with Crippen molar-refractivity contribution in [1.82, 2.24) is 9.44 Å². The molecule has 0 fully saturated rings. The third-order valence-electron chi connectivity index (χ3n) is 8.64. The van der Waals surface area contributed by atoms with E-state index in [0.717, 1.165) is 22.3 Å². The fourth-order valence-corrected chi connectivity index (χ4v) is 7.74. The molecule has 0 saturated carbocycles. The lowest BCUT2D eigenvalue weighted by molar-refractivity contribution is 0.255. The first kappa shape index (κ1) is 42.9. The molecule has 18 heteroatoms. The largest absolute Gasteiger partial charge is 0.333 e. The minimum absolute atomic E-state index is 0.196. The van der Waals surface area contributed by atoms with Gasteiger partial charge in [0.2, 0.25) is 0 Å². The van der Waals surface area contributed by atoms with Gasteiger partial charge in [0.1, 0.15) is 0 Å². The quantitative estimate of drug-likeness (QED) is 0.0596. The normalized spacial score (nSPS) is 11.0. The van der Waals surface area contributed by atoms with Crippen molar-refractivity contribution in [2.24, 2.45) is 0 Å². The van der Waals surface area contributed by atoms with Gasteiger partial charge < -0.3 is 31.9 Å². The summed E-state index contributed by atoms with van der Waals surface area (Å²) in [6.45, 7) is 3.76. The lowest BCUT2D eigenvalue weighted by Crippen LogP contribution is -2.34. The van der Waals surface area contributed by atoms with Crippen molar-refractivity contribution >= 4 is 78.3 Å². The van der Waals surface area contributed by atoms with Crippen LogP contribution in [-0.2, 0) is 26.5 Å². The Hall–Kier alpha value is -7.70. The van der Waals surface area contributed by atoms with E-state index in [0.29, 0.717) is 29.2 Å². The zero-order valence-electron chi connectivity index (χ0n) is 32.6. The maximum absolute atomic E-state index is 13.0. The molecule has 0 radical (unpaired) electrons. The maximum Gasteiger partial charge on any atom is 0.333 e. The van der Waals surface area contributed by atoms with E-state index in [2.05, 4.69) is 31.9 Å². The molecule has 0 aliphatic heterocycles. The SMILES string of the molecule is Cc1cccc(NC(=O)Nc2cccc(S(=O)(=O)NC(=O)Nc3ccc(Cc4ccc(NC(=O)NS(=O)(=O)c5cccc(NC(=O)Nc6cccc(C)c6)c5)cc4)cc3)c2)c1. The van der Waals surface area contributed by atoms with E-state index in [-0.39, 0.29) is 21.2 Å². The molecule has 0 saturated heterocycles. The van der Waals surface area contributed by atoms with Gasteiger partial charge in [0, 0.05) is 34.1 Å². The molecule has 0 aromatic heterocycles. The van der Waals surface area contributed by atoms with E-state index in [1.165, 1.54) is 48.5 Å². The number of anilines is 6. The highest BCUT2D eigenvalue weighted by Crippen LogP contribution is 2.20. The predicted molar refractivity (Wildman–Crippen MR) is 235 cm³/mol. The number of aryl methyl sites for hydroxylation is 2. The zero-order valence-corrected chi connectivity index (χ0v) is 34.3. The number of sulfonamides is 2. The number of urea groups is 4. The third kappa shape index (κ3) is 12.6. The van der Waals surface area contributed by atoms with Crippen LogP contribution in [0.1, 0.15) is 22.3 Å². The Morgan fingerprint density at radius 3 is 1.03 bits per heavy atom. The molecule has 0 bridgehead atoms. The monoisotopic (exact) mass is 860 g/mol. The lowest BCUT2D eigenvalue weighted by atomic mass is 10.0. The van der Waals surface area contributed by atoms with E-state index >= 15 is 0 Å². The maximum atomic E-state index is 13.0. The van der Waals surface area contributed by atoms with E-state index in [4.69, 9.17) is 0 Å².